The van der Waals surface area contributed by atoms with Crippen LogP contribution < -0.4 is 16.0 Å². The first-order valence-electron chi connectivity index (χ1n) is 17.9. The molecule has 4 heterocycles. The fraction of sp³-hybridized carbons (Fsp3) is 0.450. The number of anilines is 1. The molecule has 3 amide bonds. The number of pyridine rings is 1. The number of likely N-dealkylation sites (tertiary alicyclic amines) is 1. The zero-order valence-electron chi connectivity index (χ0n) is 29.6. The molecule has 264 valence electrons. The third kappa shape index (κ3) is 9.28. The number of imide groups is 1. The van der Waals surface area contributed by atoms with Crippen molar-refractivity contribution in [1.29, 1.82) is 0 Å². The molecule has 4 aromatic rings. The van der Waals surface area contributed by atoms with Gasteiger partial charge in [0, 0.05) is 35.1 Å². The number of hydrogen-bond donors (Lipinski definition) is 3. The van der Waals surface area contributed by atoms with Gasteiger partial charge in [0.15, 0.2) is 0 Å². The molecule has 9 nitrogen and oxygen atoms in total. The van der Waals surface area contributed by atoms with Crippen LogP contribution in [0.5, 0.6) is 0 Å². The molecule has 0 unspecified atom stereocenters. The van der Waals surface area contributed by atoms with E-state index in [-0.39, 0.29) is 17.9 Å². The molecule has 0 radical (unpaired) electrons. The fourth-order valence-corrected chi connectivity index (χ4v) is 7.98. The largest absolute Gasteiger partial charge is 0.444 e. The second-order valence-corrected chi connectivity index (χ2v) is 15.7. The number of aryl methyl sites for hydroxylation is 2. The Labute approximate surface area is 299 Å². The molecule has 2 fully saturated rings. The summed E-state index contributed by atoms with van der Waals surface area (Å²) in [5, 5.41) is 9.75. The summed E-state index contributed by atoms with van der Waals surface area (Å²) in [6.45, 7) is 11.5. The van der Waals surface area contributed by atoms with Crippen molar-refractivity contribution in [1.82, 2.24) is 20.5 Å². The van der Waals surface area contributed by atoms with Gasteiger partial charge in [0.1, 0.15) is 16.5 Å². The number of benzene rings is 2. The van der Waals surface area contributed by atoms with Gasteiger partial charge in [-0.25, -0.2) is 9.78 Å². The molecule has 2 saturated heterocycles. The van der Waals surface area contributed by atoms with Gasteiger partial charge in [-0.05, 0) is 144 Å². The lowest BCUT2D eigenvalue weighted by molar-refractivity contribution is -0.133. The van der Waals surface area contributed by atoms with E-state index in [4.69, 9.17) is 9.72 Å². The number of hydrogen-bond acceptors (Lipinski definition) is 8. The Hall–Kier alpha value is -4.28. The van der Waals surface area contributed by atoms with Crippen molar-refractivity contribution in [3.8, 4) is 11.1 Å². The Morgan fingerprint density at radius 2 is 1.80 bits per heavy atom. The molecule has 50 heavy (non-hydrogen) atoms. The average molecular weight is 696 g/mol. The van der Waals surface area contributed by atoms with Crippen LogP contribution in [0, 0.1) is 6.92 Å². The molecule has 0 aliphatic carbocycles. The van der Waals surface area contributed by atoms with Crippen LogP contribution in [0.3, 0.4) is 0 Å². The molecule has 0 bridgehead atoms. The number of carbonyl (C=O) groups is 3. The first kappa shape index (κ1) is 35.5. The van der Waals surface area contributed by atoms with Gasteiger partial charge in [-0.1, -0.05) is 30.3 Å². The van der Waals surface area contributed by atoms with Crippen LogP contribution in [0.2, 0.25) is 0 Å². The lowest BCUT2D eigenvalue weighted by Crippen LogP contribution is -2.47. The minimum atomic E-state index is -0.522. The molecule has 2 aromatic heterocycles. The highest BCUT2D eigenvalue weighted by molar-refractivity contribution is 7.18. The Kier molecular flexibility index (Phi) is 11.2. The lowest BCUT2D eigenvalue weighted by Gasteiger charge is -2.32. The number of amides is 3. The second-order valence-electron chi connectivity index (χ2n) is 14.6. The van der Waals surface area contributed by atoms with Gasteiger partial charge < -0.3 is 20.3 Å². The Morgan fingerprint density at radius 3 is 2.52 bits per heavy atom. The normalized spacial score (nSPS) is 17.5. The maximum absolute atomic E-state index is 12.1. The number of ether oxygens (including phenoxy) is 1. The van der Waals surface area contributed by atoms with Crippen LogP contribution in [0.1, 0.15) is 86.8 Å². The molecule has 2 aliphatic rings. The van der Waals surface area contributed by atoms with E-state index >= 15 is 0 Å². The van der Waals surface area contributed by atoms with E-state index in [2.05, 4.69) is 82.4 Å². The van der Waals surface area contributed by atoms with Crippen molar-refractivity contribution < 1.29 is 19.1 Å². The van der Waals surface area contributed by atoms with E-state index in [1.807, 2.05) is 27.0 Å². The van der Waals surface area contributed by atoms with Crippen molar-refractivity contribution in [2.24, 2.45) is 0 Å². The summed E-state index contributed by atoms with van der Waals surface area (Å²) in [7, 11) is 0. The molecule has 0 saturated carbocycles. The first-order chi connectivity index (χ1) is 24.0. The number of rotatable bonds is 11. The van der Waals surface area contributed by atoms with Gasteiger partial charge in [0.25, 0.3) is 0 Å². The van der Waals surface area contributed by atoms with Crippen molar-refractivity contribution in [2.75, 3.05) is 25.0 Å². The minimum Gasteiger partial charge on any atom is -0.444 e. The van der Waals surface area contributed by atoms with E-state index < -0.39 is 11.7 Å². The predicted molar refractivity (Wildman–Crippen MR) is 200 cm³/mol. The number of nitrogens with zero attached hydrogens (tertiary/aromatic N) is 2. The van der Waals surface area contributed by atoms with Crippen molar-refractivity contribution >= 4 is 45.1 Å². The SMILES string of the molecule is Cc1cc(-c2ccnc3sc(CCCCN4CCC(c5ccc(N[C@H]6CCC(=O)NC6=O)cc5)CC4)cc23)ccc1CNC(=O)OC(C)(C)C. The molecular formula is C40H49N5O4S. The van der Waals surface area contributed by atoms with Crippen LogP contribution in [0.4, 0.5) is 10.5 Å². The monoisotopic (exact) mass is 695 g/mol. The molecule has 6 rings (SSSR count). The summed E-state index contributed by atoms with van der Waals surface area (Å²) in [5.41, 5.74) is 6.29. The zero-order valence-corrected chi connectivity index (χ0v) is 30.5. The molecule has 2 aliphatic heterocycles. The van der Waals surface area contributed by atoms with Gasteiger partial charge in [-0.3, -0.25) is 14.9 Å². The number of piperidine rings is 2. The second kappa shape index (κ2) is 15.7. The highest BCUT2D eigenvalue weighted by atomic mass is 32.1. The highest BCUT2D eigenvalue weighted by Crippen LogP contribution is 2.35. The summed E-state index contributed by atoms with van der Waals surface area (Å²) in [6, 6.07) is 19.0. The molecule has 2 aromatic carbocycles. The van der Waals surface area contributed by atoms with E-state index in [1.54, 1.807) is 11.3 Å². The Morgan fingerprint density at radius 1 is 1.02 bits per heavy atom. The van der Waals surface area contributed by atoms with Crippen LogP contribution in [-0.4, -0.2) is 59.1 Å². The third-order valence-corrected chi connectivity index (χ3v) is 10.8. The van der Waals surface area contributed by atoms with Crippen molar-refractivity contribution in [3.63, 3.8) is 0 Å². The fourth-order valence-electron chi connectivity index (χ4n) is 6.92. The van der Waals surface area contributed by atoms with E-state index in [0.29, 0.717) is 25.3 Å². The molecule has 1 atom stereocenters. The Balaban J connectivity index is 0.949. The molecule has 0 spiro atoms. The zero-order chi connectivity index (χ0) is 35.3. The maximum Gasteiger partial charge on any atom is 0.407 e. The smallest absolute Gasteiger partial charge is 0.407 e. The first-order valence-corrected chi connectivity index (χ1v) is 18.7. The lowest BCUT2D eigenvalue weighted by atomic mass is 9.89. The standard InChI is InChI=1S/C40H49N5O4S/c1-26-23-29(8-9-30(26)25-42-39(48)49-40(2,3)4)33-16-19-41-38-34(33)24-32(50-38)7-5-6-20-45-21-17-28(18-22-45)27-10-12-31(13-11-27)43-35-14-15-36(46)44-37(35)47/h8-13,16,19,23-24,28,35,43H,5-7,14-15,17-18,20-22,25H2,1-4H3,(H,42,48)(H,44,46,47)/t35-/m0/s1. The predicted octanol–water partition coefficient (Wildman–Crippen LogP) is 7.72. The summed E-state index contributed by atoms with van der Waals surface area (Å²) in [6.07, 6.45) is 8.11. The van der Waals surface area contributed by atoms with Crippen molar-refractivity contribution in [3.05, 3.63) is 82.4 Å². The van der Waals surface area contributed by atoms with E-state index in [1.165, 1.54) is 27.8 Å². The number of fused-ring (bicyclic) bond motifs is 1. The average Bonchev–Trinajstić information content (AvgIpc) is 3.51. The Bertz CT molecular complexity index is 1820. The molecular weight excluding hydrogens is 647 g/mol. The van der Waals surface area contributed by atoms with Gasteiger partial charge in [0.05, 0.1) is 0 Å². The topological polar surface area (TPSA) is 113 Å². The highest BCUT2D eigenvalue weighted by Gasteiger charge is 2.26. The van der Waals surface area contributed by atoms with Gasteiger partial charge >= 0.3 is 6.09 Å². The number of unbranched alkanes of at least 4 members (excludes halogenated alkanes) is 1. The van der Waals surface area contributed by atoms with Crippen LogP contribution >= 0.6 is 11.3 Å². The van der Waals surface area contributed by atoms with Gasteiger partial charge in [-0.15, -0.1) is 11.3 Å². The summed E-state index contributed by atoms with van der Waals surface area (Å²) in [5.74, 6) is 0.125. The number of aromatic nitrogens is 1. The summed E-state index contributed by atoms with van der Waals surface area (Å²) in [4.78, 5) is 45.4. The van der Waals surface area contributed by atoms with Crippen LogP contribution in [0.25, 0.3) is 21.3 Å². The molecule has 3 N–H and O–H groups in total. The third-order valence-electron chi connectivity index (χ3n) is 9.66. The van der Waals surface area contributed by atoms with E-state index in [0.717, 1.165) is 72.5 Å². The quantitative estimate of drug-likeness (QED) is 0.109. The summed E-state index contributed by atoms with van der Waals surface area (Å²) < 4.78 is 5.38. The number of alkyl carbamates (subject to hydrolysis) is 1. The van der Waals surface area contributed by atoms with Gasteiger partial charge in [0.2, 0.25) is 11.8 Å². The minimum absolute atomic E-state index is 0.194. The van der Waals surface area contributed by atoms with Gasteiger partial charge in [-0.2, -0.15) is 0 Å². The summed E-state index contributed by atoms with van der Waals surface area (Å²) >= 11 is 1.80. The van der Waals surface area contributed by atoms with Crippen molar-refractivity contribution in [2.45, 2.75) is 96.7 Å². The molecule has 10 heteroatoms. The maximum atomic E-state index is 12.1. The number of nitrogens with one attached hydrogen (secondary N) is 3. The number of carbonyl (C=O) groups excluding carboxylic acids is 3. The van der Waals surface area contributed by atoms with Crippen LogP contribution in [-0.2, 0) is 27.3 Å². The number of thiophene rings is 1. The van der Waals surface area contributed by atoms with E-state index in [9.17, 15) is 14.4 Å². The van der Waals surface area contributed by atoms with Crippen LogP contribution in [0.15, 0.2) is 60.8 Å².